The van der Waals surface area contributed by atoms with Gasteiger partial charge < -0.3 is 14.7 Å². The van der Waals surface area contributed by atoms with Crippen LogP contribution in [0.25, 0.3) is 0 Å². The van der Waals surface area contributed by atoms with Crippen LogP contribution < -0.4 is 0 Å². The van der Waals surface area contributed by atoms with Gasteiger partial charge in [0.2, 0.25) is 5.91 Å². The zero-order valence-corrected chi connectivity index (χ0v) is 12.8. The van der Waals surface area contributed by atoms with Gasteiger partial charge in [0.05, 0.1) is 12.8 Å². The summed E-state index contributed by atoms with van der Waals surface area (Å²) in [5, 5.41) is 16.0. The highest BCUT2D eigenvalue weighted by atomic mass is 16.5. The first-order valence-corrected chi connectivity index (χ1v) is 7.04. The number of carboxylic acids is 1. The highest BCUT2D eigenvalue weighted by Crippen LogP contribution is 2.06. The van der Waals surface area contributed by atoms with E-state index in [9.17, 15) is 9.59 Å². The van der Waals surface area contributed by atoms with Crippen molar-refractivity contribution >= 4 is 11.9 Å². The van der Waals surface area contributed by atoms with E-state index < -0.39 is 5.97 Å². The minimum Gasteiger partial charge on any atom is -0.476 e. The molecular formula is C15H18N4O4. The highest BCUT2D eigenvalue weighted by Gasteiger charge is 2.16. The van der Waals surface area contributed by atoms with E-state index in [1.54, 1.807) is 12.0 Å². The van der Waals surface area contributed by atoms with Crippen LogP contribution in [-0.4, -0.2) is 57.1 Å². The summed E-state index contributed by atoms with van der Waals surface area (Å²) in [6.07, 6.45) is 1.23. The fourth-order valence-corrected chi connectivity index (χ4v) is 2.01. The molecule has 0 spiro atoms. The Kier molecular flexibility index (Phi) is 5.81. The Hall–Kier alpha value is -2.74. The van der Waals surface area contributed by atoms with Crippen LogP contribution >= 0.6 is 0 Å². The van der Waals surface area contributed by atoms with Crippen LogP contribution in [0.1, 0.15) is 16.1 Å². The van der Waals surface area contributed by atoms with E-state index in [4.69, 9.17) is 9.84 Å². The summed E-state index contributed by atoms with van der Waals surface area (Å²) in [6, 6.07) is 9.60. The number of nitrogens with zero attached hydrogens (tertiary/aromatic N) is 4. The van der Waals surface area contributed by atoms with E-state index >= 15 is 0 Å². The first-order chi connectivity index (χ1) is 11.1. The predicted molar refractivity (Wildman–Crippen MR) is 80.7 cm³/mol. The van der Waals surface area contributed by atoms with Crippen LogP contribution in [0.5, 0.6) is 0 Å². The molecule has 0 aliphatic rings. The molecule has 1 aromatic carbocycles. The first kappa shape index (κ1) is 16.6. The van der Waals surface area contributed by atoms with Crippen LogP contribution in [0.3, 0.4) is 0 Å². The SMILES string of the molecule is COCCN(Cc1ccccc1)C(=O)Cn1cc(C(=O)O)nn1. The van der Waals surface area contributed by atoms with Gasteiger partial charge in [-0.25, -0.2) is 9.48 Å². The summed E-state index contributed by atoms with van der Waals surface area (Å²) in [5.41, 5.74) is 0.811. The Morgan fingerprint density at radius 1 is 1.30 bits per heavy atom. The van der Waals surface area contributed by atoms with Crippen molar-refractivity contribution in [2.24, 2.45) is 0 Å². The molecule has 0 aliphatic heterocycles. The van der Waals surface area contributed by atoms with Gasteiger partial charge in [-0.15, -0.1) is 5.10 Å². The number of amides is 1. The number of aromatic nitrogens is 3. The maximum Gasteiger partial charge on any atom is 0.358 e. The lowest BCUT2D eigenvalue weighted by Gasteiger charge is -2.22. The number of methoxy groups -OCH3 is 1. The third kappa shape index (κ3) is 4.89. The topological polar surface area (TPSA) is 97.5 Å². The fourth-order valence-electron chi connectivity index (χ4n) is 2.01. The molecule has 0 bridgehead atoms. The summed E-state index contributed by atoms with van der Waals surface area (Å²) >= 11 is 0. The van der Waals surface area contributed by atoms with Crippen molar-refractivity contribution in [3.05, 3.63) is 47.8 Å². The largest absolute Gasteiger partial charge is 0.476 e. The molecule has 122 valence electrons. The van der Waals surface area contributed by atoms with E-state index in [2.05, 4.69) is 10.3 Å². The number of aromatic carboxylic acids is 1. The smallest absolute Gasteiger partial charge is 0.358 e. The maximum absolute atomic E-state index is 12.4. The van der Waals surface area contributed by atoms with Gasteiger partial charge in [0.25, 0.3) is 0 Å². The van der Waals surface area contributed by atoms with Crippen LogP contribution in [0.2, 0.25) is 0 Å². The first-order valence-electron chi connectivity index (χ1n) is 7.04. The normalized spacial score (nSPS) is 10.5. The molecule has 8 heteroatoms. The van der Waals surface area contributed by atoms with Crippen LogP contribution in [0.4, 0.5) is 0 Å². The second-order valence-corrected chi connectivity index (χ2v) is 4.90. The number of carbonyl (C=O) groups excluding carboxylic acids is 1. The molecular weight excluding hydrogens is 300 g/mol. The van der Waals surface area contributed by atoms with Crippen molar-refractivity contribution in [1.29, 1.82) is 0 Å². The molecule has 0 saturated heterocycles. The zero-order valence-electron chi connectivity index (χ0n) is 12.8. The van der Waals surface area contributed by atoms with Crippen molar-refractivity contribution in [3.63, 3.8) is 0 Å². The Labute approximate surface area is 133 Å². The molecule has 0 saturated carbocycles. The summed E-state index contributed by atoms with van der Waals surface area (Å²) in [4.78, 5) is 24.9. The lowest BCUT2D eigenvalue weighted by Crippen LogP contribution is -2.36. The molecule has 1 aromatic heterocycles. The predicted octanol–water partition coefficient (Wildman–Crippen LogP) is 0.652. The van der Waals surface area contributed by atoms with E-state index in [1.807, 2.05) is 30.3 Å². The monoisotopic (exact) mass is 318 g/mol. The highest BCUT2D eigenvalue weighted by molar-refractivity contribution is 5.84. The van der Waals surface area contributed by atoms with Gasteiger partial charge in [-0.1, -0.05) is 35.5 Å². The van der Waals surface area contributed by atoms with E-state index in [-0.39, 0.29) is 18.1 Å². The molecule has 0 unspecified atom stereocenters. The molecule has 8 nitrogen and oxygen atoms in total. The summed E-state index contributed by atoms with van der Waals surface area (Å²) < 4.78 is 6.26. The molecule has 2 aromatic rings. The Morgan fingerprint density at radius 2 is 2.04 bits per heavy atom. The van der Waals surface area contributed by atoms with Gasteiger partial charge in [-0.2, -0.15) is 0 Å². The molecule has 1 heterocycles. The van der Waals surface area contributed by atoms with Crippen molar-refractivity contribution in [2.45, 2.75) is 13.1 Å². The van der Waals surface area contributed by atoms with Gasteiger partial charge in [0.15, 0.2) is 5.69 Å². The number of benzene rings is 1. The Bertz CT molecular complexity index is 657. The summed E-state index contributed by atoms with van der Waals surface area (Å²) in [6.45, 7) is 1.22. The number of rotatable bonds is 8. The van der Waals surface area contributed by atoms with Crippen molar-refractivity contribution in [1.82, 2.24) is 19.9 Å². The molecule has 0 fully saturated rings. The number of hydrogen-bond acceptors (Lipinski definition) is 5. The molecule has 2 rings (SSSR count). The van der Waals surface area contributed by atoms with E-state index in [0.29, 0.717) is 19.7 Å². The van der Waals surface area contributed by atoms with Crippen LogP contribution in [0, 0.1) is 0 Å². The second kappa shape index (κ2) is 8.04. The molecule has 0 atom stereocenters. The Morgan fingerprint density at radius 3 is 2.65 bits per heavy atom. The molecule has 0 aliphatic carbocycles. The number of carbonyl (C=O) groups is 2. The van der Waals surface area contributed by atoms with Crippen molar-refractivity contribution in [2.75, 3.05) is 20.3 Å². The third-order valence-electron chi connectivity index (χ3n) is 3.19. The standard InChI is InChI=1S/C15H18N4O4/c1-23-8-7-18(9-12-5-3-2-4-6-12)14(20)11-19-10-13(15(21)22)16-17-19/h2-6,10H,7-9,11H2,1H3,(H,21,22). The second-order valence-electron chi connectivity index (χ2n) is 4.90. The molecule has 0 radical (unpaired) electrons. The van der Waals surface area contributed by atoms with Crippen molar-refractivity contribution < 1.29 is 19.4 Å². The van der Waals surface area contributed by atoms with Gasteiger partial charge in [0.1, 0.15) is 6.54 Å². The fraction of sp³-hybridized carbons (Fsp3) is 0.333. The molecule has 1 amide bonds. The number of carboxylic acid groups (broad SMARTS) is 1. The number of hydrogen-bond donors (Lipinski definition) is 1. The van der Waals surface area contributed by atoms with Gasteiger partial charge in [-0.3, -0.25) is 4.79 Å². The summed E-state index contributed by atoms with van der Waals surface area (Å²) in [7, 11) is 1.57. The van der Waals surface area contributed by atoms with Gasteiger partial charge in [-0.05, 0) is 5.56 Å². The van der Waals surface area contributed by atoms with Crippen molar-refractivity contribution in [3.8, 4) is 0 Å². The van der Waals surface area contributed by atoms with Crippen LogP contribution in [-0.2, 0) is 22.6 Å². The average molecular weight is 318 g/mol. The van der Waals surface area contributed by atoms with E-state index in [1.165, 1.54) is 10.9 Å². The quantitative estimate of drug-likeness (QED) is 0.767. The minimum atomic E-state index is -1.18. The van der Waals surface area contributed by atoms with Gasteiger partial charge in [0, 0.05) is 20.2 Å². The lowest BCUT2D eigenvalue weighted by atomic mass is 10.2. The lowest BCUT2D eigenvalue weighted by molar-refractivity contribution is -0.133. The molecule has 23 heavy (non-hydrogen) atoms. The van der Waals surface area contributed by atoms with E-state index in [0.717, 1.165) is 5.56 Å². The Balaban J connectivity index is 2.04. The average Bonchev–Trinajstić information content (AvgIpc) is 3.01. The maximum atomic E-state index is 12.4. The van der Waals surface area contributed by atoms with Gasteiger partial charge >= 0.3 is 5.97 Å². The number of ether oxygens (including phenoxy) is 1. The third-order valence-corrected chi connectivity index (χ3v) is 3.19. The molecule has 1 N–H and O–H groups in total. The van der Waals surface area contributed by atoms with Crippen LogP contribution in [0.15, 0.2) is 36.5 Å². The summed E-state index contributed by atoms with van der Waals surface area (Å²) in [5.74, 6) is -1.36. The minimum absolute atomic E-state index is 0.0726. The zero-order chi connectivity index (χ0) is 16.7.